The van der Waals surface area contributed by atoms with Gasteiger partial charge in [0.05, 0.1) is 18.7 Å². The molecule has 0 radical (unpaired) electrons. The van der Waals surface area contributed by atoms with Crippen LogP contribution in [-0.2, 0) is 15.3 Å². The molecule has 1 atom stereocenters. The summed E-state index contributed by atoms with van der Waals surface area (Å²) in [7, 11) is 1.39. The van der Waals surface area contributed by atoms with Gasteiger partial charge in [0.2, 0.25) is 5.13 Å². The SMILES string of the molecule is COc1cc(C2/C(=C(\O)c3ccc4c(c3)OCCO4)C(=O)C(=O)N2c2nnc(SCc3ccc(Cl)cc3)s2)ccc1O. The van der Waals surface area contributed by atoms with Gasteiger partial charge in [-0.05, 0) is 53.6 Å². The van der Waals surface area contributed by atoms with Crippen molar-refractivity contribution in [3.8, 4) is 23.0 Å². The summed E-state index contributed by atoms with van der Waals surface area (Å²) >= 11 is 8.55. The lowest BCUT2D eigenvalue weighted by molar-refractivity contribution is -0.132. The lowest BCUT2D eigenvalue weighted by Crippen LogP contribution is -2.29. The van der Waals surface area contributed by atoms with Crippen molar-refractivity contribution in [1.29, 1.82) is 0 Å². The molecule has 13 heteroatoms. The van der Waals surface area contributed by atoms with E-state index < -0.39 is 23.5 Å². The predicted molar refractivity (Wildman–Crippen MR) is 158 cm³/mol. The Balaban J connectivity index is 1.41. The Morgan fingerprint density at radius 1 is 1.07 bits per heavy atom. The number of aliphatic hydroxyl groups excluding tert-OH is 1. The van der Waals surface area contributed by atoms with E-state index in [1.807, 2.05) is 12.1 Å². The molecule has 2 aliphatic rings. The number of aromatic nitrogens is 2. The van der Waals surface area contributed by atoms with Crippen molar-refractivity contribution in [2.45, 2.75) is 16.1 Å². The number of thioether (sulfide) groups is 1. The minimum Gasteiger partial charge on any atom is -0.507 e. The number of hydrogen-bond acceptors (Lipinski definition) is 11. The molecule has 3 heterocycles. The number of phenols is 1. The van der Waals surface area contributed by atoms with E-state index in [1.165, 1.54) is 35.9 Å². The molecule has 3 aromatic carbocycles. The van der Waals surface area contributed by atoms with Gasteiger partial charge in [-0.2, -0.15) is 0 Å². The van der Waals surface area contributed by atoms with Gasteiger partial charge in [0, 0.05) is 16.3 Å². The van der Waals surface area contributed by atoms with Gasteiger partial charge in [-0.3, -0.25) is 14.5 Å². The number of amides is 1. The summed E-state index contributed by atoms with van der Waals surface area (Å²) in [6.07, 6.45) is 0. The van der Waals surface area contributed by atoms with E-state index in [0.29, 0.717) is 45.4 Å². The Morgan fingerprint density at radius 2 is 1.83 bits per heavy atom. The normalized spacial score (nSPS) is 17.5. The number of phenolic OH excluding ortho intramolecular Hbond substituents is 1. The summed E-state index contributed by atoms with van der Waals surface area (Å²) in [6, 6.07) is 15.6. The van der Waals surface area contributed by atoms with Gasteiger partial charge in [-0.15, -0.1) is 10.2 Å². The van der Waals surface area contributed by atoms with E-state index in [2.05, 4.69) is 10.2 Å². The Labute approximate surface area is 253 Å². The third-order valence-electron chi connectivity index (χ3n) is 6.66. The van der Waals surface area contributed by atoms with Crippen molar-refractivity contribution in [3.05, 3.63) is 87.9 Å². The van der Waals surface area contributed by atoms with Crippen molar-refractivity contribution in [2.24, 2.45) is 0 Å². The number of ketones is 1. The van der Waals surface area contributed by atoms with Crippen LogP contribution in [0.15, 0.2) is 70.6 Å². The first-order valence-electron chi connectivity index (χ1n) is 12.6. The van der Waals surface area contributed by atoms with Gasteiger partial charge < -0.3 is 24.4 Å². The molecule has 4 aromatic rings. The number of hydrogen-bond donors (Lipinski definition) is 2. The fourth-order valence-corrected chi connectivity index (χ4v) is 6.59. The molecule has 1 unspecified atom stereocenters. The number of methoxy groups -OCH3 is 1. The average molecular weight is 624 g/mol. The average Bonchev–Trinajstić information content (AvgIpc) is 3.58. The largest absolute Gasteiger partial charge is 0.507 e. The van der Waals surface area contributed by atoms with Crippen LogP contribution in [0.4, 0.5) is 5.13 Å². The molecule has 10 nitrogen and oxygen atoms in total. The number of aliphatic hydroxyl groups is 1. The number of rotatable bonds is 7. The van der Waals surface area contributed by atoms with Crippen molar-refractivity contribution in [1.82, 2.24) is 10.2 Å². The summed E-state index contributed by atoms with van der Waals surface area (Å²) in [5.74, 6) is -0.652. The lowest BCUT2D eigenvalue weighted by Gasteiger charge is -2.23. The Morgan fingerprint density at radius 3 is 2.60 bits per heavy atom. The number of nitrogens with zero attached hydrogens (tertiary/aromatic N) is 3. The summed E-state index contributed by atoms with van der Waals surface area (Å²) in [6.45, 7) is 0.734. The van der Waals surface area contributed by atoms with Crippen molar-refractivity contribution in [3.63, 3.8) is 0 Å². The molecule has 2 N–H and O–H groups in total. The number of anilines is 1. The molecule has 2 aliphatic heterocycles. The van der Waals surface area contributed by atoms with E-state index in [1.54, 1.807) is 36.4 Å². The maximum Gasteiger partial charge on any atom is 0.301 e. The van der Waals surface area contributed by atoms with Crippen LogP contribution in [0.1, 0.15) is 22.7 Å². The van der Waals surface area contributed by atoms with Gasteiger partial charge in [0.15, 0.2) is 27.3 Å². The monoisotopic (exact) mass is 623 g/mol. The standard InChI is InChI=1S/C29H22ClN3O7S2/c1-38-21-12-16(4-8-19(21)34)24-23(25(35)17-5-9-20-22(13-17)40-11-10-39-20)26(36)27(37)33(24)28-31-32-29(42-28)41-14-15-2-6-18(30)7-3-15/h2-9,12-13,24,34-35H,10-11,14H2,1H3/b25-23+. The fraction of sp³-hybridized carbons (Fsp3) is 0.172. The molecular formula is C29H22ClN3O7S2. The molecule has 0 aliphatic carbocycles. The van der Waals surface area contributed by atoms with E-state index in [-0.39, 0.29) is 27.8 Å². The summed E-state index contributed by atoms with van der Waals surface area (Å²) in [5, 5.41) is 31.0. The quantitative estimate of drug-likeness (QED) is 0.0882. The van der Waals surface area contributed by atoms with E-state index in [0.717, 1.165) is 16.9 Å². The van der Waals surface area contributed by atoms with Crippen LogP contribution in [0.3, 0.4) is 0 Å². The van der Waals surface area contributed by atoms with Crippen LogP contribution in [0.25, 0.3) is 5.76 Å². The number of benzene rings is 3. The molecule has 1 aromatic heterocycles. The van der Waals surface area contributed by atoms with Crippen LogP contribution in [0, 0.1) is 0 Å². The Kier molecular flexibility index (Phi) is 7.67. The molecule has 1 fully saturated rings. The van der Waals surface area contributed by atoms with Gasteiger partial charge in [0.25, 0.3) is 5.78 Å². The fourth-order valence-electron chi connectivity index (χ4n) is 4.64. The van der Waals surface area contributed by atoms with Crippen LogP contribution in [-0.4, -0.2) is 52.4 Å². The number of carbonyl (C=O) groups excluding carboxylic acids is 2. The van der Waals surface area contributed by atoms with Crippen LogP contribution in [0.5, 0.6) is 23.0 Å². The summed E-state index contributed by atoms with van der Waals surface area (Å²) < 4.78 is 17.1. The Hall–Kier alpha value is -4.26. The zero-order valence-corrected chi connectivity index (χ0v) is 24.3. The topological polar surface area (TPSA) is 131 Å². The third-order valence-corrected chi connectivity index (χ3v) is 9.04. The minimum absolute atomic E-state index is 0.123. The van der Waals surface area contributed by atoms with Gasteiger partial charge in [-0.1, -0.05) is 52.9 Å². The third kappa shape index (κ3) is 5.24. The number of fused-ring (bicyclic) bond motifs is 1. The summed E-state index contributed by atoms with van der Waals surface area (Å²) in [4.78, 5) is 28.3. The number of carbonyl (C=O) groups is 2. The van der Waals surface area contributed by atoms with Crippen molar-refractivity contribution >= 4 is 57.3 Å². The molecule has 0 saturated carbocycles. The maximum absolute atomic E-state index is 13.5. The first-order chi connectivity index (χ1) is 20.3. The minimum atomic E-state index is -1.09. The zero-order valence-electron chi connectivity index (χ0n) is 21.9. The molecule has 42 heavy (non-hydrogen) atoms. The lowest BCUT2D eigenvalue weighted by atomic mass is 9.95. The highest BCUT2D eigenvalue weighted by Gasteiger charge is 2.48. The van der Waals surface area contributed by atoms with E-state index in [4.69, 9.17) is 25.8 Å². The second-order valence-electron chi connectivity index (χ2n) is 9.22. The number of halogens is 1. The highest BCUT2D eigenvalue weighted by Crippen LogP contribution is 2.46. The van der Waals surface area contributed by atoms with E-state index in [9.17, 15) is 19.8 Å². The second kappa shape index (κ2) is 11.6. The smallest absolute Gasteiger partial charge is 0.301 e. The van der Waals surface area contributed by atoms with Gasteiger partial charge >= 0.3 is 5.91 Å². The second-order valence-corrected chi connectivity index (χ2v) is 11.8. The molecule has 214 valence electrons. The molecule has 1 saturated heterocycles. The number of ether oxygens (including phenoxy) is 3. The molecule has 0 bridgehead atoms. The highest BCUT2D eigenvalue weighted by atomic mass is 35.5. The first kappa shape index (κ1) is 27.9. The number of Topliss-reactive ketones (excluding diaryl/α,β-unsaturated/α-hetero) is 1. The molecular weight excluding hydrogens is 602 g/mol. The van der Waals surface area contributed by atoms with Gasteiger partial charge in [-0.25, -0.2) is 0 Å². The van der Waals surface area contributed by atoms with E-state index >= 15 is 0 Å². The van der Waals surface area contributed by atoms with Crippen LogP contribution in [0.2, 0.25) is 5.02 Å². The van der Waals surface area contributed by atoms with Crippen molar-refractivity contribution in [2.75, 3.05) is 25.2 Å². The highest BCUT2D eigenvalue weighted by molar-refractivity contribution is 8.00. The molecule has 1 amide bonds. The molecule has 6 rings (SSSR count). The van der Waals surface area contributed by atoms with Crippen LogP contribution < -0.4 is 19.1 Å². The predicted octanol–water partition coefficient (Wildman–Crippen LogP) is 5.60. The van der Waals surface area contributed by atoms with Gasteiger partial charge in [0.1, 0.15) is 19.0 Å². The first-order valence-corrected chi connectivity index (χ1v) is 14.8. The maximum atomic E-state index is 13.5. The molecule has 0 spiro atoms. The van der Waals surface area contributed by atoms with Crippen LogP contribution >= 0.6 is 34.7 Å². The zero-order chi connectivity index (χ0) is 29.4. The van der Waals surface area contributed by atoms with Crippen molar-refractivity contribution < 1.29 is 34.0 Å². The summed E-state index contributed by atoms with van der Waals surface area (Å²) in [5.41, 5.74) is 1.55. The number of aromatic hydroxyl groups is 1. The Bertz CT molecular complexity index is 1720.